The van der Waals surface area contributed by atoms with Gasteiger partial charge in [0.15, 0.2) is 0 Å². The Kier molecular flexibility index (Phi) is 8.54. The second kappa shape index (κ2) is 11.6. The maximum atomic E-state index is 12.8. The highest BCUT2D eigenvalue weighted by atomic mass is 16.2. The molecule has 2 amide bonds. The number of carbonyl (C=O) groups excluding carboxylic acids is 2. The molecule has 6 heteroatoms. The lowest BCUT2D eigenvalue weighted by Crippen LogP contribution is -2.39. The van der Waals surface area contributed by atoms with E-state index < -0.39 is 0 Å². The van der Waals surface area contributed by atoms with Crippen molar-refractivity contribution >= 4 is 17.9 Å². The average Bonchev–Trinajstić information content (AvgIpc) is 3.15. The van der Waals surface area contributed by atoms with Crippen molar-refractivity contribution in [2.24, 2.45) is 5.92 Å². The number of aromatic nitrogens is 2. The second-order valence-corrected chi connectivity index (χ2v) is 8.51. The van der Waals surface area contributed by atoms with Crippen LogP contribution in [0.25, 0.3) is 6.08 Å². The van der Waals surface area contributed by atoms with E-state index >= 15 is 0 Å². The molecular weight excluding hydrogens is 400 g/mol. The van der Waals surface area contributed by atoms with E-state index in [4.69, 9.17) is 4.98 Å². The molecular formula is C26H34N4O2. The summed E-state index contributed by atoms with van der Waals surface area (Å²) in [5, 5.41) is 2.96. The maximum absolute atomic E-state index is 12.8. The van der Waals surface area contributed by atoms with Crippen LogP contribution in [0.1, 0.15) is 68.1 Å². The van der Waals surface area contributed by atoms with Crippen molar-refractivity contribution in [2.45, 2.75) is 58.4 Å². The molecule has 2 atom stereocenters. The zero-order valence-electron chi connectivity index (χ0n) is 19.2. The highest BCUT2D eigenvalue weighted by Crippen LogP contribution is 2.23. The normalized spacial score (nSPS) is 16.8. The molecule has 1 aliphatic rings. The van der Waals surface area contributed by atoms with Gasteiger partial charge in [-0.25, -0.2) is 0 Å². The lowest BCUT2D eigenvalue weighted by Gasteiger charge is -2.19. The fourth-order valence-electron chi connectivity index (χ4n) is 4.17. The Hall–Kier alpha value is -3.02. The molecule has 1 fully saturated rings. The van der Waals surface area contributed by atoms with Gasteiger partial charge in [0.1, 0.15) is 0 Å². The van der Waals surface area contributed by atoms with Crippen molar-refractivity contribution < 1.29 is 9.59 Å². The number of nitrogens with zero attached hydrogens (tertiary/aromatic N) is 3. The molecule has 0 radical (unpaired) electrons. The molecule has 1 N–H and O–H groups in total. The van der Waals surface area contributed by atoms with Crippen molar-refractivity contribution in [3.8, 4) is 0 Å². The first-order valence-corrected chi connectivity index (χ1v) is 11.6. The highest BCUT2D eigenvalue weighted by molar-refractivity contribution is 5.87. The monoisotopic (exact) mass is 434 g/mol. The van der Waals surface area contributed by atoms with Gasteiger partial charge < -0.3 is 10.2 Å². The Morgan fingerprint density at radius 2 is 2.19 bits per heavy atom. The van der Waals surface area contributed by atoms with Gasteiger partial charge in [-0.15, -0.1) is 0 Å². The lowest BCUT2D eigenvalue weighted by atomic mass is 9.99. The third kappa shape index (κ3) is 6.25. The molecule has 0 aromatic carbocycles. The van der Waals surface area contributed by atoms with Gasteiger partial charge in [0.05, 0.1) is 18.3 Å². The second-order valence-electron chi connectivity index (χ2n) is 8.51. The Labute approximate surface area is 191 Å². The first-order valence-electron chi connectivity index (χ1n) is 11.6. The van der Waals surface area contributed by atoms with Crippen LogP contribution in [0.2, 0.25) is 0 Å². The number of amides is 2. The zero-order chi connectivity index (χ0) is 22.9. The van der Waals surface area contributed by atoms with Crippen LogP contribution in [-0.2, 0) is 22.4 Å². The van der Waals surface area contributed by atoms with E-state index in [2.05, 4.69) is 35.9 Å². The van der Waals surface area contributed by atoms with Crippen molar-refractivity contribution in [2.75, 3.05) is 13.1 Å². The number of rotatable bonds is 11. The van der Waals surface area contributed by atoms with Crippen LogP contribution in [0.4, 0.5) is 0 Å². The number of unbranched alkanes of at least 4 members (excludes halogenated alkanes) is 1. The standard InChI is InChI=1S/C26H34N4O2/c1-4-6-8-20-10-12-23(29-24(20)5-2)13-11-21-14-16-30(26(21)32)18-25(31)28-19(3)22-9-7-15-27-17-22/h5,7,9-10,12,15,17,19,21H,2,4,6,8,11,13-14,16,18H2,1,3H3,(H,28,31)/t19-,21?/m0/s1. The van der Waals surface area contributed by atoms with Gasteiger partial charge >= 0.3 is 0 Å². The van der Waals surface area contributed by atoms with E-state index in [1.807, 2.05) is 25.1 Å². The fourth-order valence-corrected chi connectivity index (χ4v) is 4.17. The van der Waals surface area contributed by atoms with Crippen molar-refractivity contribution in [3.63, 3.8) is 0 Å². The minimum Gasteiger partial charge on any atom is -0.348 e. The number of aryl methyl sites for hydroxylation is 2. The molecule has 170 valence electrons. The average molecular weight is 435 g/mol. The van der Waals surface area contributed by atoms with Gasteiger partial charge in [-0.2, -0.15) is 0 Å². The van der Waals surface area contributed by atoms with Crippen molar-refractivity contribution in [3.05, 3.63) is 65.8 Å². The highest BCUT2D eigenvalue weighted by Gasteiger charge is 2.32. The molecule has 0 aliphatic carbocycles. The van der Waals surface area contributed by atoms with Crippen LogP contribution in [0.15, 0.2) is 43.2 Å². The molecule has 1 unspecified atom stereocenters. The molecule has 2 aromatic heterocycles. The molecule has 3 rings (SSSR count). The number of carbonyl (C=O) groups is 2. The molecule has 2 aromatic rings. The molecule has 0 saturated carbocycles. The van der Waals surface area contributed by atoms with E-state index in [1.54, 1.807) is 17.3 Å². The van der Waals surface area contributed by atoms with E-state index in [0.717, 1.165) is 55.5 Å². The molecule has 3 heterocycles. The van der Waals surface area contributed by atoms with E-state index in [0.29, 0.717) is 6.54 Å². The van der Waals surface area contributed by atoms with Gasteiger partial charge in [0, 0.05) is 30.6 Å². The molecule has 6 nitrogen and oxygen atoms in total. The largest absolute Gasteiger partial charge is 0.348 e. The SMILES string of the molecule is C=Cc1nc(CCC2CCN(CC(=O)N[C@@H](C)c3cccnc3)C2=O)ccc1CCCC. The smallest absolute Gasteiger partial charge is 0.240 e. The summed E-state index contributed by atoms with van der Waals surface area (Å²) in [7, 11) is 0. The van der Waals surface area contributed by atoms with E-state index in [1.165, 1.54) is 5.56 Å². The van der Waals surface area contributed by atoms with Gasteiger partial charge in [0.2, 0.25) is 11.8 Å². The molecule has 1 saturated heterocycles. The predicted molar refractivity (Wildman–Crippen MR) is 127 cm³/mol. The summed E-state index contributed by atoms with van der Waals surface area (Å²) >= 11 is 0. The number of nitrogens with one attached hydrogen (secondary N) is 1. The summed E-state index contributed by atoms with van der Waals surface area (Å²) in [5.41, 5.74) is 4.13. The molecule has 32 heavy (non-hydrogen) atoms. The predicted octanol–water partition coefficient (Wildman–Crippen LogP) is 4.12. The van der Waals surface area contributed by atoms with Crippen LogP contribution in [0.3, 0.4) is 0 Å². The van der Waals surface area contributed by atoms with Crippen LogP contribution >= 0.6 is 0 Å². The molecule has 0 spiro atoms. The van der Waals surface area contributed by atoms with E-state index in [9.17, 15) is 9.59 Å². The number of hydrogen-bond acceptors (Lipinski definition) is 4. The van der Waals surface area contributed by atoms with Crippen LogP contribution in [-0.4, -0.2) is 39.8 Å². The molecule has 1 aliphatic heterocycles. The third-order valence-corrected chi connectivity index (χ3v) is 6.12. The molecule has 0 bridgehead atoms. The maximum Gasteiger partial charge on any atom is 0.240 e. The zero-order valence-corrected chi connectivity index (χ0v) is 19.2. The summed E-state index contributed by atoms with van der Waals surface area (Å²) in [6.45, 7) is 8.73. The van der Waals surface area contributed by atoms with Crippen LogP contribution in [0.5, 0.6) is 0 Å². The summed E-state index contributed by atoms with van der Waals surface area (Å²) in [5.74, 6) is -0.125. The summed E-state index contributed by atoms with van der Waals surface area (Å²) < 4.78 is 0. The minimum atomic E-state index is -0.143. The van der Waals surface area contributed by atoms with Gasteiger partial charge in [0.25, 0.3) is 0 Å². The van der Waals surface area contributed by atoms with Crippen LogP contribution < -0.4 is 5.32 Å². The van der Waals surface area contributed by atoms with Crippen molar-refractivity contribution in [1.29, 1.82) is 0 Å². The Morgan fingerprint density at radius 3 is 2.91 bits per heavy atom. The number of likely N-dealkylation sites (tertiary alicyclic amines) is 1. The first-order chi connectivity index (χ1) is 15.5. The van der Waals surface area contributed by atoms with Gasteiger partial charge in [-0.3, -0.25) is 19.6 Å². The first kappa shape index (κ1) is 23.6. The minimum absolute atomic E-state index is 0.0488. The Morgan fingerprint density at radius 1 is 1.34 bits per heavy atom. The number of pyridine rings is 2. The van der Waals surface area contributed by atoms with Gasteiger partial charge in [-0.1, -0.05) is 32.1 Å². The topological polar surface area (TPSA) is 75.2 Å². The summed E-state index contributed by atoms with van der Waals surface area (Å²) in [6, 6.07) is 7.85. The summed E-state index contributed by atoms with van der Waals surface area (Å²) in [4.78, 5) is 35.8. The van der Waals surface area contributed by atoms with Crippen LogP contribution in [0, 0.1) is 5.92 Å². The lowest BCUT2D eigenvalue weighted by molar-refractivity contribution is -0.135. The van der Waals surface area contributed by atoms with Gasteiger partial charge in [-0.05, 0) is 68.4 Å². The quantitative estimate of drug-likeness (QED) is 0.577. The third-order valence-electron chi connectivity index (χ3n) is 6.12. The van der Waals surface area contributed by atoms with Crippen molar-refractivity contribution in [1.82, 2.24) is 20.2 Å². The Balaban J connectivity index is 1.49. The number of hydrogen-bond donors (Lipinski definition) is 1. The summed E-state index contributed by atoms with van der Waals surface area (Å²) in [6.07, 6.45) is 10.9. The van der Waals surface area contributed by atoms with E-state index in [-0.39, 0.29) is 30.3 Å². The fraction of sp³-hybridized carbons (Fsp3) is 0.462. The Bertz CT molecular complexity index is 929.